The lowest BCUT2D eigenvalue weighted by molar-refractivity contribution is 0.305. The van der Waals surface area contributed by atoms with Gasteiger partial charge in [-0.05, 0) is 37.6 Å². The molecule has 3 heteroatoms. The van der Waals surface area contributed by atoms with Crippen molar-refractivity contribution in [2.75, 3.05) is 7.05 Å². The van der Waals surface area contributed by atoms with Crippen molar-refractivity contribution in [3.63, 3.8) is 0 Å². The first-order chi connectivity index (χ1) is 10.3. The van der Waals surface area contributed by atoms with Crippen LogP contribution < -0.4 is 10.1 Å². The maximum atomic E-state index is 5.77. The van der Waals surface area contributed by atoms with E-state index in [-0.39, 0.29) is 0 Å². The van der Waals surface area contributed by atoms with Crippen LogP contribution in [0.3, 0.4) is 0 Å². The Morgan fingerprint density at radius 3 is 2.81 bits per heavy atom. The summed E-state index contributed by atoms with van der Waals surface area (Å²) >= 11 is 0. The molecule has 3 nitrogen and oxygen atoms in total. The van der Waals surface area contributed by atoms with Gasteiger partial charge in [0.2, 0.25) is 0 Å². The quantitative estimate of drug-likeness (QED) is 0.841. The summed E-state index contributed by atoms with van der Waals surface area (Å²) in [5, 5.41) is 3.21. The minimum atomic E-state index is 0.478. The molecule has 0 spiro atoms. The van der Waals surface area contributed by atoms with Crippen LogP contribution in [-0.2, 0) is 6.61 Å². The first-order valence-electron chi connectivity index (χ1n) is 7.23. The highest BCUT2D eigenvalue weighted by Crippen LogP contribution is 2.14. The van der Waals surface area contributed by atoms with Crippen LogP contribution in [0.4, 0.5) is 0 Å². The SMILES string of the molecule is CNC(C)CC=Cc1cncc(OCc2ccccc2)c1. The van der Waals surface area contributed by atoms with Gasteiger partial charge in [0.15, 0.2) is 0 Å². The lowest BCUT2D eigenvalue weighted by atomic mass is 10.2. The lowest BCUT2D eigenvalue weighted by Crippen LogP contribution is -2.19. The predicted molar refractivity (Wildman–Crippen MR) is 87.2 cm³/mol. The van der Waals surface area contributed by atoms with Gasteiger partial charge in [-0.1, -0.05) is 42.5 Å². The van der Waals surface area contributed by atoms with E-state index >= 15 is 0 Å². The number of rotatable bonds is 7. The van der Waals surface area contributed by atoms with Crippen molar-refractivity contribution in [3.8, 4) is 5.75 Å². The van der Waals surface area contributed by atoms with Gasteiger partial charge in [0, 0.05) is 12.2 Å². The van der Waals surface area contributed by atoms with Crippen LogP contribution in [0.5, 0.6) is 5.75 Å². The summed E-state index contributed by atoms with van der Waals surface area (Å²) in [7, 11) is 1.97. The van der Waals surface area contributed by atoms with Crippen LogP contribution in [0.15, 0.2) is 54.9 Å². The maximum Gasteiger partial charge on any atom is 0.138 e. The number of nitrogens with zero attached hydrogens (tertiary/aromatic N) is 1. The summed E-state index contributed by atoms with van der Waals surface area (Å²) < 4.78 is 5.77. The molecule has 0 radical (unpaired) electrons. The van der Waals surface area contributed by atoms with Crippen LogP contribution >= 0.6 is 0 Å². The van der Waals surface area contributed by atoms with E-state index in [1.807, 2.05) is 37.5 Å². The smallest absolute Gasteiger partial charge is 0.138 e. The number of ether oxygens (including phenoxy) is 1. The fraction of sp³-hybridized carbons (Fsp3) is 0.278. The Bertz CT molecular complexity index is 566. The van der Waals surface area contributed by atoms with E-state index in [9.17, 15) is 0 Å². The van der Waals surface area contributed by atoms with Crippen molar-refractivity contribution in [2.45, 2.75) is 26.0 Å². The molecule has 0 amide bonds. The Kier molecular flexibility index (Phi) is 5.98. The molecule has 1 aromatic carbocycles. The Balaban J connectivity index is 1.91. The average molecular weight is 282 g/mol. The second-order valence-corrected chi connectivity index (χ2v) is 5.06. The number of benzene rings is 1. The molecule has 2 aromatic rings. The van der Waals surface area contributed by atoms with E-state index in [0.29, 0.717) is 12.6 Å². The van der Waals surface area contributed by atoms with E-state index < -0.39 is 0 Å². The summed E-state index contributed by atoms with van der Waals surface area (Å²) in [4.78, 5) is 4.22. The van der Waals surface area contributed by atoms with Gasteiger partial charge < -0.3 is 10.1 Å². The molecule has 0 aliphatic carbocycles. The van der Waals surface area contributed by atoms with Crippen LogP contribution in [0.25, 0.3) is 6.08 Å². The van der Waals surface area contributed by atoms with Gasteiger partial charge in [-0.2, -0.15) is 0 Å². The molecule has 1 aromatic heterocycles. The first kappa shape index (κ1) is 15.3. The van der Waals surface area contributed by atoms with Crippen LogP contribution in [0.2, 0.25) is 0 Å². The van der Waals surface area contributed by atoms with Crippen LogP contribution in [0.1, 0.15) is 24.5 Å². The minimum absolute atomic E-state index is 0.478. The molecule has 0 aliphatic heterocycles. The number of pyridine rings is 1. The highest BCUT2D eigenvalue weighted by molar-refractivity contribution is 5.49. The first-order valence-corrected chi connectivity index (χ1v) is 7.23. The molecule has 0 fully saturated rings. The zero-order chi connectivity index (χ0) is 14.9. The van der Waals surface area contributed by atoms with E-state index in [1.54, 1.807) is 6.20 Å². The molecule has 110 valence electrons. The van der Waals surface area contributed by atoms with Crippen molar-refractivity contribution in [1.29, 1.82) is 0 Å². The zero-order valence-corrected chi connectivity index (χ0v) is 12.6. The van der Waals surface area contributed by atoms with Gasteiger partial charge >= 0.3 is 0 Å². The Hall–Kier alpha value is -2.13. The Morgan fingerprint density at radius 2 is 2.05 bits per heavy atom. The van der Waals surface area contributed by atoms with Gasteiger partial charge in [-0.15, -0.1) is 0 Å². The molecule has 1 heterocycles. The summed E-state index contributed by atoms with van der Waals surface area (Å²) in [5.41, 5.74) is 2.21. The third-order valence-electron chi connectivity index (χ3n) is 3.28. The van der Waals surface area contributed by atoms with Gasteiger partial charge in [0.25, 0.3) is 0 Å². The standard InChI is InChI=1S/C18H22N2O/c1-15(19-2)7-6-10-17-11-18(13-20-12-17)21-14-16-8-4-3-5-9-16/h3-6,8-13,15,19H,7,14H2,1-2H3. The predicted octanol–water partition coefficient (Wildman–Crippen LogP) is 3.67. The molecule has 1 unspecified atom stereocenters. The van der Waals surface area contributed by atoms with Crippen molar-refractivity contribution < 1.29 is 4.74 Å². The van der Waals surface area contributed by atoms with E-state index in [1.165, 1.54) is 0 Å². The molecule has 0 aliphatic rings. The topological polar surface area (TPSA) is 34.2 Å². The molecule has 0 saturated carbocycles. The van der Waals surface area contributed by atoms with Crippen LogP contribution in [0, 0.1) is 0 Å². The van der Waals surface area contributed by atoms with Crippen LogP contribution in [-0.4, -0.2) is 18.1 Å². The molecule has 21 heavy (non-hydrogen) atoms. The highest BCUT2D eigenvalue weighted by atomic mass is 16.5. The maximum absolute atomic E-state index is 5.77. The lowest BCUT2D eigenvalue weighted by Gasteiger charge is -2.07. The summed E-state index contributed by atoms with van der Waals surface area (Å²) in [6, 6.07) is 12.6. The Morgan fingerprint density at radius 1 is 1.24 bits per heavy atom. The number of hydrogen-bond donors (Lipinski definition) is 1. The number of aromatic nitrogens is 1. The van der Waals surface area contributed by atoms with E-state index in [2.05, 4.69) is 41.5 Å². The van der Waals surface area contributed by atoms with Gasteiger partial charge in [-0.25, -0.2) is 0 Å². The number of hydrogen-bond acceptors (Lipinski definition) is 3. The summed E-state index contributed by atoms with van der Waals surface area (Å²) in [5.74, 6) is 0.794. The molecule has 0 saturated heterocycles. The number of nitrogens with one attached hydrogen (secondary N) is 1. The summed E-state index contributed by atoms with van der Waals surface area (Å²) in [6.45, 7) is 2.72. The molecule has 1 atom stereocenters. The van der Waals surface area contributed by atoms with Crippen molar-refractivity contribution in [3.05, 3.63) is 66.0 Å². The van der Waals surface area contributed by atoms with Gasteiger partial charge in [0.05, 0.1) is 6.20 Å². The molecular weight excluding hydrogens is 260 g/mol. The third-order valence-corrected chi connectivity index (χ3v) is 3.28. The van der Waals surface area contributed by atoms with E-state index in [0.717, 1.165) is 23.3 Å². The molecular formula is C18H22N2O. The van der Waals surface area contributed by atoms with Gasteiger partial charge in [-0.3, -0.25) is 4.98 Å². The third kappa shape index (κ3) is 5.40. The second-order valence-electron chi connectivity index (χ2n) is 5.06. The molecule has 2 rings (SSSR count). The monoisotopic (exact) mass is 282 g/mol. The fourth-order valence-electron chi connectivity index (χ4n) is 1.87. The average Bonchev–Trinajstić information content (AvgIpc) is 2.54. The Labute approximate surface area is 126 Å². The second kappa shape index (κ2) is 8.22. The minimum Gasteiger partial charge on any atom is -0.487 e. The van der Waals surface area contributed by atoms with E-state index in [4.69, 9.17) is 4.74 Å². The highest BCUT2D eigenvalue weighted by Gasteiger charge is 1.98. The van der Waals surface area contributed by atoms with Crippen molar-refractivity contribution in [2.24, 2.45) is 0 Å². The van der Waals surface area contributed by atoms with Crippen molar-refractivity contribution >= 4 is 6.08 Å². The van der Waals surface area contributed by atoms with Gasteiger partial charge in [0.1, 0.15) is 12.4 Å². The largest absolute Gasteiger partial charge is 0.487 e. The van der Waals surface area contributed by atoms with Crippen molar-refractivity contribution in [1.82, 2.24) is 10.3 Å². The fourth-order valence-corrected chi connectivity index (χ4v) is 1.87. The molecule has 1 N–H and O–H groups in total. The molecule has 0 bridgehead atoms. The zero-order valence-electron chi connectivity index (χ0n) is 12.6. The summed E-state index contributed by atoms with van der Waals surface area (Å²) in [6.07, 6.45) is 8.81. The normalized spacial score (nSPS) is 12.5.